The minimum atomic E-state index is -3.18. The molecule has 3 aromatic heterocycles. The van der Waals surface area contributed by atoms with Crippen LogP contribution in [0.3, 0.4) is 0 Å². The average Bonchev–Trinajstić information content (AvgIpc) is 3.48. The van der Waals surface area contributed by atoms with Crippen LogP contribution in [-0.2, 0) is 12.5 Å². The molecule has 3 heterocycles. The third-order valence-corrected chi connectivity index (χ3v) is 5.30. The molecule has 194 valence electrons. The lowest BCUT2D eigenvalue weighted by molar-refractivity contribution is 0.0892. The highest BCUT2D eigenvalue weighted by atomic mass is 19.3. The molecule has 0 fully saturated rings. The third-order valence-electron chi connectivity index (χ3n) is 5.30. The number of anilines is 2. The Morgan fingerprint density at radius 3 is 2.51 bits per heavy atom. The van der Waals surface area contributed by atoms with Crippen LogP contribution in [0.1, 0.15) is 67.8 Å². The van der Waals surface area contributed by atoms with Crippen LogP contribution >= 0.6 is 0 Å². The molecule has 4 rings (SSSR count). The molecule has 4 aromatic rings. The van der Waals surface area contributed by atoms with Gasteiger partial charge in [0.25, 0.3) is 6.43 Å². The zero-order chi connectivity index (χ0) is 26.9. The van der Waals surface area contributed by atoms with E-state index in [-0.39, 0.29) is 28.8 Å². The van der Waals surface area contributed by atoms with Gasteiger partial charge in [-0.1, -0.05) is 32.0 Å². The van der Waals surface area contributed by atoms with Crippen LogP contribution < -0.4 is 10.6 Å². The third kappa shape index (κ3) is 5.57. The predicted octanol–water partition coefficient (Wildman–Crippen LogP) is 4.26. The molecular weight excluding hydrogens is 491 g/mol. The molecular formula is C23H24F3N9O2. The van der Waals surface area contributed by atoms with Crippen molar-refractivity contribution in [1.29, 1.82) is 0 Å². The van der Waals surface area contributed by atoms with Crippen LogP contribution in [0.2, 0.25) is 0 Å². The Labute approximate surface area is 209 Å². The summed E-state index contributed by atoms with van der Waals surface area (Å²) in [5.41, 5.74) is -1.72. The highest BCUT2D eigenvalue weighted by Crippen LogP contribution is 2.35. The fourth-order valence-corrected chi connectivity index (χ4v) is 3.42. The second-order valence-electron chi connectivity index (χ2n) is 9.23. The van der Waals surface area contributed by atoms with Crippen molar-refractivity contribution in [3.63, 3.8) is 0 Å². The topological polar surface area (TPSA) is 137 Å². The predicted molar refractivity (Wildman–Crippen MR) is 126 cm³/mol. The van der Waals surface area contributed by atoms with Gasteiger partial charge >= 0.3 is 11.8 Å². The van der Waals surface area contributed by atoms with Crippen molar-refractivity contribution in [2.24, 2.45) is 7.05 Å². The van der Waals surface area contributed by atoms with Gasteiger partial charge in [0.05, 0.1) is 17.2 Å². The largest absolute Gasteiger partial charge is 0.341 e. The van der Waals surface area contributed by atoms with Crippen molar-refractivity contribution in [3.05, 3.63) is 59.4 Å². The molecule has 0 aliphatic carbocycles. The highest BCUT2D eigenvalue weighted by molar-refractivity contribution is 5.89. The Balaban J connectivity index is 1.61. The number of nitrogens with zero attached hydrogens (tertiary/aromatic N) is 7. The number of hydrogen-bond acceptors (Lipinski definition) is 9. The fraction of sp³-hybridized carbons (Fsp3) is 0.348. The molecule has 0 radical (unpaired) electrons. The van der Waals surface area contributed by atoms with Crippen LogP contribution in [0.25, 0.3) is 11.4 Å². The van der Waals surface area contributed by atoms with Crippen LogP contribution in [0.4, 0.5) is 24.9 Å². The van der Waals surface area contributed by atoms with Gasteiger partial charge in [-0.05, 0) is 18.6 Å². The van der Waals surface area contributed by atoms with Gasteiger partial charge in [-0.25, -0.2) is 23.1 Å². The number of nitrogens with one attached hydrogen (secondary N) is 2. The van der Waals surface area contributed by atoms with Gasteiger partial charge in [-0.15, -0.1) is 0 Å². The fourth-order valence-electron chi connectivity index (χ4n) is 3.42. The van der Waals surface area contributed by atoms with E-state index in [1.807, 2.05) is 20.8 Å². The summed E-state index contributed by atoms with van der Waals surface area (Å²) in [6.45, 7) is 6.96. The maximum atomic E-state index is 15.4. The summed E-state index contributed by atoms with van der Waals surface area (Å²) in [5.74, 6) is -1.67. The lowest BCUT2D eigenvalue weighted by Gasteiger charge is -2.19. The molecule has 1 atom stereocenters. The van der Waals surface area contributed by atoms with Crippen molar-refractivity contribution in [1.82, 2.24) is 40.2 Å². The zero-order valence-electron chi connectivity index (χ0n) is 20.6. The van der Waals surface area contributed by atoms with Crippen LogP contribution in [0, 0.1) is 5.82 Å². The van der Waals surface area contributed by atoms with E-state index in [9.17, 15) is 13.6 Å². The number of carbonyl (C=O) groups is 1. The van der Waals surface area contributed by atoms with E-state index in [1.54, 1.807) is 24.0 Å². The molecule has 1 aromatic carbocycles. The van der Waals surface area contributed by atoms with Crippen LogP contribution in [0.5, 0.6) is 0 Å². The molecule has 11 nitrogen and oxygen atoms in total. The van der Waals surface area contributed by atoms with Crippen molar-refractivity contribution in [3.8, 4) is 11.4 Å². The summed E-state index contributed by atoms with van der Waals surface area (Å²) < 4.78 is 50.0. The zero-order valence-corrected chi connectivity index (χ0v) is 20.6. The Kier molecular flexibility index (Phi) is 6.92. The molecule has 2 N–H and O–H groups in total. The van der Waals surface area contributed by atoms with Crippen LogP contribution in [-0.4, -0.2) is 40.8 Å². The first-order valence-electron chi connectivity index (χ1n) is 11.2. The van der Waals surface area contributed by atoms with Crippen molar-refractivity contribution < 1.29 is 22.5 Å². The van der Waals surface area contributed by atoms with Gasteiger partial charge in [0.15, 0.2) is 17.5 Å². The Morgan fingerprint density at radius 1 is 1.14 bits per heavy atom. The Hall–Kier alpha value is -4.36. The Morgan fingerprint density at radius 2 is 1.89 bits per heavy atom. The van der Waals surface area contributed by atoms with Gasteiger partial charge < -0.3 is 15.2 Å². The molecule has 0 unspecified atom stereocenters. The summed E-state index contributed by atoms with van der Waals surface area (Å²) in [6, 6.07) is 3.21. The smallest absolute Gasteiger partial charge is 0.315 e. The Bertz CT molecular complexity index is 1430. The summed E-state index contributed by atoms with van der Waals surface area (Å²) in [4.78, 5) is 28.7. The maximum absolute atomic E-state index is 15.4. The van der Waals surface area contributed by atoms with Crippen molar-refractivity contribution >= 4 is 17.7 Å². The standard InChI is InChI=1S/C23H24F3N9O2/c1-11(29-19(36)20-32-21(34-37-20)23(2,3)4)12-6-7-13(16(24)15(12)17(25)26)18-27-10-28-22(31-18)30-14-8-9-35(5)33-14/h6-11,17H,1-5H3,(H,29,36)(H,27,28,30,31,33)/t11-/m1/s1. The quantitative estimate of drug-likeness (QED) is 0.370. The first-order valence-corrected chi connectivity index (χ1v) is 11.2. The number of alkyl halides is 2. The molecule has 37 heavy (non-hydrogen) atoms. The molecule has 0 spiro atoms. The number of aromatic nitrogens is 7. The number of amides is 1. The van der Waals surface area contributed by atoms with E-state index in [4.69, 9.17) is 4.52 Å². The normalized spacial score (nSPS) is 12.6. The lowest BCUT2D eigenvalue weighted by Crippen LogP contribution is -2.28. The van der Waals surface area contributed by atoms with Crippen molar-refractivity contribution in [2.45, 2.75) is 45.6 Å². The van der Waals surface area contributed by atoms with Gasteiger partial charge in [-0.2, -0.15) is 15.1 Å². The van der Waals surface area contributed by atoms with Gasteiger partial charge in [0.1, 0.15) is 12.1 Å². The summed E-state index contributed by atoms with van der Waals surface area (Å²) in [6.07, 6.45) is -0.361. The number of aryl methyl sites for hydroxylation is 1. The molecule has 1 amide bonds. The summed E-state index contributed by atoms with van der Waals surface area (Å²) >= 11 is 0. The molecule has 0 aliphatic heterocycles. The van der Waals surface area contributed by atoms with Gasteiger partial charge in [0.2, 0.25) is 5.95 Å². The minimum absolute atomic E-state index is 0.0561. The van der Waals surface area contributed by atoms with E-state index in [0.717, 1.165) is 6.33 Å². The highest BCUT2D eigenvalue weighted by Gasteiger charge is 2.29. The average molecular weight is 516 g/mol. The van der Waals surface area contributed by atoms with Gasteiger partial charge in [-0.3, -0.25) is 9.48 Å². The van der Waals surface area contributed by atoms with E-state index >= 15 is 4.39 Å². The second kappa shape index (κ2) is 9.95. The number of carbonyl (C=O) groups excluding carboxylic acids is 1. The van der Waals surface area contributed by atoms with Gasteiger partial charge in [0, 0.05) is 24.7 Å². The van der Waals surface area contributed by atoms with Crippen molar-refractivity contribution in [2.75, 3.05) is 5.32 Å². The number of rotatable bonds is 7. The van der Waals surface area contributed by atoms with Crippen LogP contribution in [0.15, 0.2) is 35.2 Å². The number of hydrogen-bond donors (Lipinski definition) is 2. The molecule has 0 saturated heterocycles. The lowest BCUT2D eigenvalue weighted by atomic mass is 9.96. The molecule has 14 heteroatoms. The maximum Gasteiger partial charge on any atom is 0.315 e. The first kappa shape index (κ1) is 25.7. The van der Waals surface area contributed by atoms with E-state index in [2.05, 4.69) is 40.8 Å². The number of halogens is 3. The molecule has 0 aliphatic rings. The monoisotopic (exact) mass is 515 g/mol. The van der Waals surface area contributed by atoms with E-state index < -0.39 is 35.2 Å². The summed E-state index contributed by atoms with van der Waals surface area (Å²) in [5, 5.41) is 13.2. The van der Waals surface area contributed by atoms with E-state index in [0.29, 0.717) is 11.6 Å². The summed E-state index contributed by atoms with van der Waals surface area (Å²) in [7, 11) is 1.72. The SMILES string of the molecule is C[C@@H](NC(=O)c1nc(C(C)(C)C)no1)c1ccc(-c2ncnc(Nc3ccn(C)n3)n2)c(F)c1C(F)F. The first-order chi connectivity index (χ1) is 17.4. The molecule has 0 bridgehead atoms. The molecule has 0 saturated carbocycles. The number of benzene rings is 1. The second-order valence-corrected chi connectivity index (χ2v) is 9.23. The van der Waals surface area contributed by atoms with E-state index in [1.165, 1.54) is 19.1 Å². The minimum Gasteiger partial charge on any atom is -0.341 e.